The maximum Gasteiger partial charge on any atom is 0.262 e. The summed E-state index contributed by atoms with van der Waals surface area (Å²) in [6.45, 7) is 1.95. The summed E-state index contributed by atoms with van der Waals surface area (Å²) in [6.07, 6.45) is 1.63. The Morgan fingerprint density at radius 2 is 1.64 bits per heavy atom. The molecule has 3 aromatic carbocycles. The van der Waals surface area contributed by atoms with Gasteiger partial charge in [0.15, 0.2) is 11.5 Å². The van der Waals surface area contributed by atoms with Crippen LogP contribution in [0.15, 0.2) is 71.8 Å². The van der Waals surface area contributed by atoms with Crippen LogP contribution in [0.4, 0.5) is 0 Å². The summed E-state index contributed by atoms with van der Waals surface area (Å²) in [5, 5.41) is 7.31. The van der Waals surface area contributed by atoms with Crippen molar-refractivity contribution >= 4 is 29.6 Å². The molecular formula is C27H28ClN3O5. The lowest BCUT2D eigenvalue weighted by Crippen LogP contribution is -2.43. The van der Waals surface area contributed by atoms with Gasteiger partial charge in [-0.15, -0.1) is 0 Å². The Labute approximate surface area is 215 Å². The van der Waals surface area contributed by atoms with Gasteiger partial charge in [0.1, 0.15) is 18.4 Å². The molecule has 0 aliphatic carbocycles. The van der Waals surface area contributed by atoms with Crippen LogP contribution in [0.1, 0.15) is 23.6 Å². The zero-order chi connectivity index (χ0) is 25.9. The van der Waals surface area contributed by atoms with Crippen molar-refractivity contribution in [2.75, 3.05) is 14.2 Å². The zero-order valence-corrected chi connectivity index (χ0v) is 21.0. The maximum atomic E-state index is 12.3. The highest BCUT2D eigenvalue weighted by molar-refractivity contribution is 6.30. The summed E-state index contributed by atoms with van der Waals surface area (Å²) < 4.78 is 16.4. The number of halogens is 1. The van der Waals surface area contributed by atoms with Gasteiger partial charge in [-0.1, -0.05) is 35.9 Å². The van der Waals surface area contributed by atoms with E-state index in [9.17, 15) is 9.59 Å². The first-order valence-corrected chi connectivity index (χ1v) is 11.6. The first-order chi connectivity index (χ1) is 17.4. The van der Waals surface area contributed by atoms with Gasteiger partial charge in [0.25, 0.3) is 5.91 Å². The monoisotopic (exact) mass is 509 g/mol. The van der Waals surface area contributed by atoms with E-state index in [0.29, 0.717) is 34.4 Å². The van der Waals surface area contributed by atoms with Gasteiger partial charge >= 0.3 is 0 Å². The van der Waals surface area contributed by atoms with Gasteiger partial charge in [0, 0.05) is 5.02 Å². The molecule has 0 aliphatic heterocycles. The van der Waals surface area contributed by atoms with E-state index in [1.54, 1.807) is 75.7 Å². The van der Waals surface area contributed by atoms with Crippen molar-refractivity contribution in [3.05, 3.63) is 88.4 Å². The van der Waals surface area contributed by atoms with Crippen molar-refractivity contribution in [1.29, 1.82) is 0 Å². The van der Waals surface area contributed by atoms with Crippen molar-refractivity contribution < 1.29 is 23.8 Å². The molecule has 2 N–H and O–H groups in total. The van der Waals surface area contributed by atoms with Gasteiger partial charge < -0.3 is 19.5 Å². The number of methoxy groups -OCH3 is 2. The molecule has 0 aromatic heterocycles. The first-order valence-electron chi connectivity index (χ1n) is 11.2. The second-order valence-corrected chi connectivity index (χ2v) is 8.31. The predicted molar refractivity (Wildman–Crippen MR) is 139 cm³/mol. The van der Waals surface area contributed by atoms with Gasteiger partial charge in [-0.2, -0.15) is 5.10 Å². The second kappa shape index (κ2) is 13.2. The lowest BCUT2D eigenvalue weighted by molar-refractivity contribution is -0.128. The van der Waals surface area contributed by atoms with Crippen LogP contribution in [0, 0.1) is 0 Å². The predicted octanol–water partition coefficient (Wildman–Crippen LogP) is 4.13. The summed E-state index contributed by atoms with van der Waals surface area (Å²) in [5.74, 6) is 1.10. The Kier molecular flexibility index (Phi) is 9.71. The van der Waals surface area contributed by atoms with Crippen LogP contribution in [0.5, 0.6) is 17.2 Å². The molecule has 9 heteroatoms. The molecule has 0 fully saturated rings. The van der Waals surface area contributed by atoms with Gasteiger partial charge in [0.05, 0.1) is 26.9 Å². The largest absolute Gasteiger partial charge is 0.497 e. The number of carbonyl (C=O) groups is 2. The third-order valence-corrected chi connectivity index (χ3v) is 5.43. The molecule has 8 nitrogen and oxygen atoms in total. The first kappa shape index (κ1) is 26.6. The van der Waals surface area contributed by atoms with E-state index in [0.717, 1.165) is 11.1 Å². The average molecular weight is 510 g/mol. The summed E-state index contributed by atoms with van der Waals surface area (Å²) in [6, 6.07) is 19.1. The van der Waals surface area contributed by atoms with Crippen LogP contribution in [0.2, 0.25) is 5.02 Å². The molecule has 0 radical (unpaired) electrons. The summed E-state index contributed by atoms with van der Waals surface area (Å²) in [4.78, 5) is 24.6. The van der Waals surface area contributed by atoms with Crippen LogP contribution >= 0.6 is 11.6 Å². The highest BCUT2D eigenvalue weighted by atomic mass is 35.5. The average Bonchev–Trinajstić information content (AvgIpc) is 2.89. The molecule has 1 unspecified atom stereocenters. The highest BCUT2D eigenvalue weighted by Crippen LogP contribution is 2.28. The molecule has 0 saturated heterocycles. The minimum Gasteiger partial charge on any atom is -0.497 e. The number of hydrazone groups is 1. The van der Waals surface area contributed by atoms with Crippen molar-refractivity contribution in [3.63, 3.8) is 0 Å². The standard InChI is InChI=1S/C27H28ClN3O5/c1-18(30-26(32)15-19-6-11-23(34-2)12-7-19)27(33)31-29-16-21-8-13-24(25(14-21)35-3)36-17-20-4-9-22(28)10-5-20/h4-14,16,18H,15,17H2,1-3H3,(H,30,32)(H,31,33). The van der Waals surface area contributed by atoms with Gasteiger partial charge in [0.2, 0.25) is 5.91 Å². The molecule has 0 heterocycles. The number of ether oxygens (including phenoxy) is 3. The Hall–Kier alpha value is -4.04. The van der Waals surface area contributed by atoms with E-state index in [-0.39, 0.29) is 12.3 Å². The molecule has 0 aliphatic rings. The number of carbonyl (C=O) groups excluding carboxylic acids is 2. The fourth-order valence-corrected chi connectivity index (χ4v) is 3.31. The molecule has 2 amide bonds. The number of nitrogens with one attached hydrogen (secondary N) is 2. The third-order valence-electron chi connectivity index (χ3n) is 5.18. The molecular weight excluding hydrogens is 482 g/mol. The molecule has 0 saturated carbocycles. The van der Waals surface area contributed by atoms with E-state index in [1.807, 2.05) is 12.1 Å². The third kappa shape index (κ3) is 8.02. The fourth-order valence-electron chi connectivity index (χ4n) is 3.18. The lowest BCUT2D eigenvalue weighted by Gasteiger charge is -2.13. The number of hydrogen-bond acceptors (Lipinski definition) is 6. The molecule has 36 heavy (non-hydrogen) atoms. The number of rotatable bonds is 11. The van der Waals surface area contributed by atoms with Crippen LogP contribution in [-0.4, -0.2) is 38.3 Å². The minimum absolute atomic E-state index is 0.150. The lowest BCUT2D eigenvalue weighted by atomic mass is 10.1. The van der Waals surface area contributed by atoms with E-state index < -0.39 is 11.9 Å². The van der Waals surface area contributed by atoms with Crippen molar-refractivity contribution in [3.8, 4) is 17.2 Å². The Morgan fingerprint density at radius 1 is 0.944 bits per heavy atom. The molecule has 1 atom stereocenters. The Bertz CT molecular complexity index is 1200. The number of amides is 2. The number of hydrogen-bond donors (Lipinski definition) is 2. The van der Waals surface area contributed by atoms with Crippen LogP contribution in [-0.2, 0) is 22.6 Å². The molecule has 188 valence electrons. The Balaban J connectivity index is 1.49. The second-order valence-electron chi connectivity index (χ2n) is 7.87. The summed E-state index contributed by atoms with van der Waals surface area (Å²) >= 11 is 5.91. The smallest absolute Gasteiger partial charge is 0.262 e. The summed E-state index contributed by atoms with van der Waals surface area (Å²) in [5.41, 5.74) is 4.92. The normalized spacial score (nSPS) is 11.6. The summed E-state index contributed by atoms with van der Waals surface area (Å²) in [7, 11) is 3.12. The number of nitrogens with zero attached hydrogens (tertiary/aromatic N) is 1. The van der Waals surface area contributed by atoms with Crippen LogP contribution < -0.4 is 25.0 Å². The van der Waals surface area contributed by atoms with Gasteiger partial charge in [-0.05, 0) is 66.1 Å². The van der Waals surface area contributed by atoms with Crippen molar-refractivity contribution in [2.24, 2.45) is 5.10 Å². The zero-order valence-electron chi connectivity index (χ0n) is 20.3. The van der Waals surface area contributed by atoms with E-state index in [1.165, 1.54) is 6.21 Å². The van der Waals surface area contributed by atoms with Gasteiger partial charge in [-0.3, -0.25) is 9.59 Å². The Morgan fingerprint density at radius 3 is 2.31 bits per heavy atom. The van der Waals surface area contributed by atoms with Crippen molar-refractivity contribution in [2.45, 2.75) is 26.0 Å². The van der Waals surface area contributed by atoms with Gasteiger partial charge in [-0.25, -0.2) is 5.43 Å². The molecule has 3 rings (SSSR count). The fraction of sp³-hybridized carbons (Fsp3) is 0.222. The van der Waals surface area contributed by atoms with Crippen LogP contribution in [0.25, 0.3) is 0 Å². The minimum atomic E-state index is -0.758. The molecule has 3 aromatic rings. The van der Waals surface area contributed by atoms with E-state index in [4.69, 9.17) is 25.8 Å². The molecule has 0 bridgehead atoms. The molecule has 0 spiro atoms. The SMILES string of the molecule is COc1ccc(CC(=O)NC(C)C(=O)NN=Cc2ccc(OCc3ccc(Cl)cc3)c(OC)c2)cc1. The maximum absolute atomic E-state index is 12.3. The van der Waals surface area contributed by atoms with E-state index >= 15 is 0 Å². The van der Waals surface area contributed by atoms with Crippen LogP contribution in [0.3, 0.4) is 0 Å². The quantitative estimate of drug-likeness (QED) is 0.299. The van der Waals surface area contributed by atoms with Crippen molar-refractivity contribution in [1.82, 2.24) is 10.7 Å². The topological polar surface area (TPSA) is 98.2 Å². The number of benzene rings is 3. The van der Waals surface area contributed by atoms with E-state index in [2.05, 4.69) is 15.8 Å². The highest BCUT2D eigenvalue weighted by Gasteiger charge is 2.15.